The molecule has 0 radical (unpaired) electrons. The maximum atomic E-state index is 11.3. The van der Waals surface area contributed by atoms with Crippen molar-refractivity contribution >= 4 is 25.5 Å². The molecule has 1 atom stereocenters. The van der Waals surface area contributed by atoms with E-state index in [1.165, 1.54) is 6.92 Å². The number of esters is 2. The number of hydrogen-bond donors (Lipinski definition) is 3. The molecule has 0 heterocycles. The molecule has 0 aromatic carbocycles. The summed E-state index contributed by atoms with van der Waals surface area (Å²) >= 11 is 0. The summed E-state index contributed by atoms with van der Waals surface area (Å²) in [4.78, 5) is 50.5. The number of rotatable bonds is 9. The third-order valence-corrected chi connectivity index (χ3v) is 3.06. The Balaban J connectivity index is 4.16. The van der Waals surface area contributed by atoms with Gasteiger partial charge in [-0.2, -0.15) is 0 Å². The molecule has 10 heteroatoms. The van der Waals surface area contributed by atoms with E-state index in [0.717, 1.165) is 0 Å². The fourth-order valence-electron chi connectivity index (χ4n) is 1.19. The standard InChI is InChI=1S/C11H17O9P/c1-7(2)11(15)20-4-3-19-9(12)5-8(10(13)14)6-21(16,17)18/h8H,1,3-6H2,2H3,(H,13,14)(H2,16,17,18). The van der Waals surface area contributed by atoms with Crippen molar-refractivity contribution < 1.29 is 43.3 Å². The monoisotopic (exact) mass is 324 g/mol. The van der Waals surface area contributed by atoms with Crippen LogP contribution in [0, 0.1) is 5.92 Å². The maximum absolute atomic E-state index is 11.3. The molecular weight excluding hydrogens is 307 g/mol. The Kier molecular flexibility index (Phi) is 7.86. The van der Waals surface area contributed by atoms with E-state index in [2.05, 4.69) is 16.1 Å². The molecule has 0 saturated carbocycles. The SMILES string of the molecule is C=C(C)C(=O)OCCOC(=O)CC(CP(=O)(O)O)C(=O)O. The molecule has 0 aromatic heterocycles. The minimum atomic E-state index is -4.56. The topological polar surface area (TPSA) is 147 Å². The molecule has 0 aliphatic rings. The van der Waals surface area contributed by atoms with Crippen molar-refractivity contribution in [1.82, 2.24) is 0 Å². The molecule has 0 aliphatic heterocycles. The highest BCUT2D eigenvalue weighted by molar-refractivity contribution is 7.51. The average Bonchev–Trinajstić information content (AvgIpc) is 2.31. The summed E-state index contributed by atoms with van der Waals surface area (Å²) in [5, 5.41) is 8.76. The third-order valence-electron chi connectivity index (χ3n) is 2.15. The second-order valence-corrected chi connectivity index (χ2v) is 5.92. The number of carboxylic acid groups (broad SMARTS) is 1. The largest absolute Gasteiger partial charge is 0.481 e. The minimum absolute atomic E-state index is 0.175. The van der Waals surface area contributed by atoms with Crippen LogP contribution in [-0.4, -0.2) is 52.2 Å². The van der Waals surface area contributed by atoms with Crippen LogP contribution >= 0.6 is 7.60 Å². The lowest BCUT2D eigenvalue weighted by atomic mass is 10.1. The van der Waals surface area contributed by atoms with Gasteiger partial charge in [-0.05, 0) is 6.92 Å². The van der Waals surface area contributed by atoms with Gasteiger partial charge in [0.05, 0.1) is 18.5 Å². The fraction of sp³-hybridized carbons (Fsp3) is 0.545. The van der Waals surface area contributed by atoms with Crippen LogP contribution in [0.5, 0.6) is 0 Å². The minimum Gasteiger partial charge on any atom is -0.481 e. The maximum Gasteiger partial charge on any atom is 0.333 e. The second kappa shape index (κ2) is 8.56. The number of aliphatic carboxylic acids is 1. The first kappa shape index (κ1) is 19.3. The van der Waals surface area contributed by atoms with Crippen LogP contribution < -0.4 is 0 Å². The van der Waals surface area contributed by atoms with E-state index in [-0.39, 0.29) is 18.8 Å². The smallest absolute Gasteiger partial charge is 0.333 e. The second-order valence-electron chi connectivity index (χ2n) is 4.22. The van der Waals surface area contributed by atoms with Gasteiger partial charge < -0.3 is 24.4 Å². The van der Waals surface area contributed by atoms with Crippen LogP contribution in [0.3, 0.4) is 0 Å². The molecule has 1 unspecified atom stereocenters. The normalized spacial score (nSPS) is 12.3. The molecule has 0 saturated heterocycles. The average molecular weight is 324 g/mol. The molecule has 0 aromatic rings. The van der Waals surface area contributed by atoms with E-state index in [0.29, 0.717) is 0 Å². The lowest BCUT2D eigenvalue weighted by Crippen LogP contribution is -2.23. The predicted octanol–water partition coefficient (Wildman–Crippen LogP) is -0.0825. The number of carboxylic acids is 1. The molecule has 9 nitrogen and oxygen atoms in total. The van der Waals surface area contributed by atoms with E-state index in [4.69, 9.17) is 14.9 Å². The Morgan fingerprint density at radius 1 is 1.19 bits per heavy atom. The zero-order valence-corrected chi connectivity index (χ0v) is 12.2. The Labute approximate surface area is 120 Å². The molecular formula is C11H17O9P. The molecule has 120 valence electrons. The Morgan fingerprint density at radius 3 is 2.14 bits per heavy atom. The summed E-state index contributed by atoms with van der Waals surface area (Å²) in [5.74, 6) is -4.67. The van der Waals surface area contributed by atoms with Crippen molar-refractivity contribution in [2.75, 3.05) is 19.4 Å². The summed E-state index contributed by atoms with van der Waals surface area (Å²) in [6, 6.07) is 0. The molecule has 3 N–H and O–H groups in total. The first-order chi connectivity index (χ1) is 9.53. The first-order valence-electron chi connectivity index (χ1n) is 5.78. The molecule has 0 amide bonds. The number of carbonyl (C=O) groups excluding carboxylic acids is 2. The van der Waals surface area contributed by atoms with Gasteiger partial charge in [0.2, 0.25) is 0 Å². The third kappa shape index (κ3) is 9.78. The quantitative estimate of drug-likeness (QED) is 0.229. The number of ether oxygens (including phenoxy) is 2. The summed E-state index contributed by atoms with van der Waals surface area (Å²) in [7, 11) is -4.56. The van der Waals surface area contributed by atoms with Gasteiger partial charge in [-0.3, -0.25) is 14.2 Å². The van der Waals surface area contributed by atoms with Crippen LogP contribution in [0.1, 0.15) is 13.3 Å². The van der Waals surface area contributed by atoms with Crippen molar-refractivity contribution in [1.29, 1.82) is 0 Å². The Morgan fingerprint density at radius 2 is 1.71 bits per heavy atom. The number of hydrogen-bond acceptors (Lipinski definition) is 6. The van der Waals surface area contributed by atoms with Gasteiger partial charge in [-0.1, -0.05) is 6.58 Å². The van der Waals surface area contributed by atoms with Gasteiger partial charge >= 0.3 is 25.5 Å². The van der Waals surface area contributed by atoms with Gasteiger partial charge in [-0.15, -0.1) is 0 Å². The van der Waals surface area contributed by atoms with Gasteiger partial charge in [0.25, 0.3) is 0 Å². The van der Waals surface area contributed by atoms with Crippen molar-refractivity contribution in [3.8, 4) is 0 Å². The lowest BCUT2D eigenvalue weighted by molar-refractivity contribution is -0.153. The fourth-order valence-corrected chi connectivity index (χ4v) is 2.05. The van der Waals surface area contributed by atoms with Crippen molar-refractivity contribution in [3.63, 3.8) is 0 Å². The van der Waals surface area contributed by atoms with Crippen LogP contribution in [-0.2, 0) is 28.4 Å². The van der Waals surface area contributed by atoms with Crippen LogP contribution in [0.15, 0.2) is 12.2 Å². The molecule has 21 heavy (non-hydrogen) atoms. The van der Waals surface area contributed by atoms with Crippen molar-refractivity contribution in [2.24, 2.45) is 5.92 Å². The molecule has 0 spiro atoms. The zero-order chi connectivity index (χ0) is 16.6. The molecule has 0 aliphatic carbocycles. The Bertz CT molecular complexity index is 464. The zero-order valence-electron chi connectivity index (χ0n) is 11.4. The summed E-state index contributed by atoms with van der Waals surface area (Å²) in [5.41, 5.74) is 0.175. The summed E-state index contributed by atoms with van der Waals surface area (Å²) in [6.45, 7) is 4.26. The highest BCUT2D eigenvalue weighted by Gasteiger charge is 2.29. The highest BCUT2D eigenvalue weighted by Crippen LogP contribution is 2.37. The van der Waals surface area contributed by atoms with Gasteiger partial charge in [0, 0.05) is 5.57 Å². The first-order valence-corrected chi connectivity index (χ1v) is 7.58. The lowest BCUT2D eigenvalue weighted by Gasteiger charge is -2.12. The highest BCUT2D eigenvalue weighted by atomic mass is 31.2. The number of carbonyl (C=O) groups is 3. The van der Waals surface area contributed by atoms with Gasteiger partial charge in [0.15, 0.2) is 0 Å². The van der Waals surface area contributed by atoms with E-state index in [1.54, 1.807) is 0 Å². The van der Waals surface area contributed by atoms with Gasteiger partial charge in [0.1, 0.15) is 13.2 Å². The Hall–Kier alpha value is -1.70. The molecule has 0 fully saturated rings. The van der Waals surface area contributed by atoms with Crippen LogP contribution in [0.25, 0.3) is 0 Å². The summed E-state index contributed by atoms with van der Waals surface area (Å²) < 4.78 is 20.0. The predicted molar refractivity (Wildman–Crippen MR) is 69.4 cm³/mol. The van der Waals surface area contributed by atoms with E-state index in [1.807, 2.05) is 0 Å². The van der Waals surface area contributed by atoms with E-state index in [9.17, 15) is 18.9 Å². The van der Waals surface area contributed by atoms with Crippen LogP contribution in [0.4, 0.5) is 0 Å². The van der Waals surface area contributed by atoms with Crippen molar-refractivity contribution in [2.45, 2.75) is 13.3 Å². The summed E-state index contributed by atoms with van der Waals surface area (Å²) in [6.07, 6.45) is -1.64. The van der Waals surface area contributed by atoms with E-state index >= 15 is 0 Å². The molecule has 0 bridgehead atoms. The molecule has 0 rings (SSSR count). The van der Waals surface area contributed by atoms with E-state index < -0.39 is 44.0 Å². The van der Waals surface area contributed by atoms with Crippen LogP contribution in [0.2, 0.25) is 0 Å². The van der Waals surface area contributed by atoms with Crippen molar-refractivity contribution in [3.05, 3.63) is 12.2 Å². The van der Waals surface area contributed by atoms with Gasteiger partial charge in [-0.25, -0.2) is 4.79 Å².